The summed E-state index contributed by atoms with van der Waals surface area (Å²) in [6.07, 6.45) is 1.72. The Labute approximate surface area is 151 Å². The van der Waals surface area contributed by atoms with Gasteiger partial charge in [-0.25, -0.2) is 0 Å². The number of amides is 1. The second-order valence-electron chi connectivity index (χ2n) is 5.96. The van der Waals surface area contributed by atoms with Crippen molar-refractivity contribution in [2.24, 2.45) is 0 Å². The number of ether oxygens (including phenoxy) is 1. The van der Waals surface area contributed by atoms with E-state index in [1.807, 2.05) is 6.92 Å². The summed E-state index contributed by atoms with van der Waals surface area (Å²) in [5.74, 6) is -0.0296. The van der Waals surface area contributed by atoms with E-state index in [-0.39, 0.29) is 24.3 Å². The van der Waals surface area contributed by atoms with Crippen LogP contribution in [-0.4, -0.2) is 28.3 Å². The first-order valence-electron chi connectivity index (χ1n) is 8.59. The standard InChI is InChI=1S/C20H21NO5/c1-3-16(22)17-18(13-7-9-14(10-8-13)25-4-2)21(20(24)19(17)23)12-15-6-5-11-26-15/h5-11,18,23H,3-4,12H2,1-2H3. The number of carbonyl (C=O) groups is 2. The number of nitrogens with zero attached hydrogens (tertiary/aromatic N) is 1. The number of hydrogen-bond acceptors (Lipinski definition) is 5. The maximum Gasteiger partial charge on any atom is 0.290 e. The number of benzene rings is 1. The minimum absolute atomic E-state index is 0.133. The molecule has 1 aromatic carbocycles. The van der Waals surface area contributed by atoms with Gasteiger partial charge in [-0.2, -0.15) is 0 Å². The molecule has 1 unspecified atom stereocenters. The summed E-state index contributed by atoms with van der Waals surface area (Å²) in [6, 6.07) is 10.0. The Morgan fingerprint density at radius 3 is 2.54 bits per heavy atom. The quantitative estimate of drug-likeness (QED) is 0.821. The Balaban J connectivity index is 2.01. The zero-order chi connectivity index (χ0) is 18.7. The van der Waals surface area contributed by atoms with E-state index in [4.69, 9.17) is 9.15 Å². The fourth-order valence-corrected chi connectivity index (χ4v) is 3.12. The lowest BCUT2D eigenvalue weighted by molar-refractivity contribution is -0.130. The molecule has 2 heterocycles. The van der Waals surface area contributed by atoms with Gasteiger partial charge < -0.3 is 19.2 Å². The van der Waals surface area contributed by atoms with Crippen molar-refractivity contribution in [3.8, 4) is 5.75 Å². The second-order valence-corrected chi connectivity index (χ2v) is 5.96. The third-order valence-corrected chi connectivity index (χ3v) is 4.34. The smallest absolute Gasteiger partial charge is 0.290 e. The summed E-state index contributed by atoms with van der Waals surface area (Å²) in [5.41, 5.74) is 0.863. The van der Waals surface area contributed by atoms with E-state index in [1.165, 1.54) is 11.2 Å². The van der Waals surface area contributed by atoms with Crippen LogP contribution in [0.25, 0.3) is 0 Å². The molecule has 6 heteroatoms. The number of rotatable bonds is 7. The first kappa shape index (κ1) is 17.8. The fraction of sp³-hybridized carbons (Fsp3) is 0.300. The Hall–Kier alpha value is -3.02. The monoisotopic (exact) mass is 355 g/mol. The Morgan fingerprint density at radius 2 is 1.96 bits per heavy atom. The van der Waals surface area contributed by atoms with Crippen molar-refractivity contribution >= 4 is 11.7 Å². The Bertz CT molecular complexity index is 820. The highest BCUT2D eigenvalue weighted by Gasteiger charge is 2.43. The van der Waals surface area contributed by atoms with Crippen LogP contribution >= 0.6 is 0 Å². The van der Waals surface area contributed by atoms with Crippen LogP contribution in [0.15, 0.2) is 58.4 Å². The van der Waals surface area contributed by atoms with E-state index in [2.05, 4.69) is 0 Å². The van der Waals surface area contributed by atoms with Crippen LogP contribution in [0, 0.1) is 0 Å². The average molecular weight is 355 g/mol. The molecule has 1 amide bonds. The topological polar surface area (TPSA) is 80.0 Å². The molecule has 26 heavy (non-hydrogen) atoms. The van der Waals surface area contributed by atoms with E-state index in [0.717, 1.165) is 5.56 Å². The van der Waals surface area contributed by atoms with Crippen LogP contribution < -0.4 is 4.74 Å². The van der Waals surface area contributed by atoms with Crippen molar-refractivity contribution in [3.05, 3.63) is 65.3 Å². The Morgan fingerprint density at radius 1 is 1.23 bits per heavy atom. The number of ketones is 1. The summed E-state index contributed by atoms with van der Waals surface area (Å²) in [5, 5.41) is 10.3. The highest BCUT2D eigenvalue weighted by Crippen LogP contribution is 2.39. The number of carbonyl (C=O) groups excluding carboxylic acids is 2. The van der Waals surface area contributed by atoms with Crippen molar-refractivity contribution in [2.45, 2.75) is 32.9 Å². The summed E-state index contributed by atoms with van der Waals surface area (Å²) in [6.45, 7) is 4.31. The molecular formula is C20H21NO5. The molecule has 2 aromatic rings. The van der Waals surface area contributed by atoms with Gasteiger partial charge in [0.25, 0.3) is 5.91 Å². The van der Waals surface area contributed by atoms with Gasteiger partial charge >= 0.3 is 0 Å². The van der Waals surface area contributed by atoms with Crippen LogP contribution in [0.1, 0.15) is 37.6 Å². The zero-order valence-corrected chi connectivity index (χ0v) is 14.8. The van der Waals surface area contributed by atoms with E-state index >= 15 is 0 Å². The number of Topliss-reactive ketones (excluding diaryl/α,β-unsaturated/α-hetero) is 1. The van der Waals surface area contributed by atoms with Crippen molar-refractivity contribution < 1.29 is 23.8 Å². The predicted molar refractivity (Wildman–Crippen MR) is 94.6 cm³/mol. The molecule has 0 aliphatic carbocycles. The highest BCUT2D eigenvalue weighted by atomic mass is 16.5. The molecule has 1 aliphatic rings. The summed E-state index contributed by atoms with van der Waals surface area (Å²) in [7, 11) is 0. The third-order valence-electron chi connectivity index (χ3n) is 4.34. The summed E-state index contributed by atoms with van der Waals surface area (Å²) < 4.78 is 10.8. The minimum atomic E-state index is -0.657. The first-order chi connectivity index (χ1) is 12.6. The highest BCUT2D eigenvalue weighted by molar-refractivity contribution is 6.08. The van der Waals surface area contributed by atoms with E-state index in [9.17, 15) is 14.7 Å². The number of aliphatic hydroxyl groups is 1. The molecule has 0 radical (unpaired) electrons. The van der Waals surface area contributed by atoms with Gasteiger partial charge in [0.15, 0.2) is 11.5 Å². The molecule has 1 N–H and O–H groups in total. The van der Waals surface area contributed by atoms with Crippen LogP contribution in [0.4, 0.5) is 0 Å². The van der Waals surface area contributed by atoms with Gasteiger partial charge in [0.05, 0.1) is 31.0 Å². The Kier molecular flexibility index (Phi) is 5.11. The molecule has 3 rings (SSSR count). The molecule has 0 bridgehead atoms. The molecule has 6 nitrogen and oxygen atoms in total. The average Bonchev–Trinajstić information content (AvgIpc) is 3.24. The number of hydrogen-bond donors (Lipinski definition) is 1. The van der Waals surface area contributed by atoms with Gasteiger partial charge in [-0.15, -0.1) is 0 Å². The maximum absolute atomic E-state index is 12.6. The number of furan rings is 1. The summed E-state index contributed by atoms with van der Waals surface area (Å²) >= 11 is 0. The second kappa shape index (κ2) is 7.47. The predicted octanol–water partition coefficient (Wildman–Crippen LogP) is 3.55. The molecule has 0 spiro atoms. The lowest BCUT2D eigenvalue weighted by atomic mass is 9.95. The molecule has 1 atom stereocenters. The van der Waals surface area contributed by atoms with Crippen molar-refractivity contribution in [2.75, 3.05) is 6.61 Å². The maximum atomic E-state index is 12.6. The first-order valence-corrected chi connectivity index (χ1v) is 8.59. The molecule has 1 aromatic heterocycles. The van der Waals surface area contributed by atoms with Crippen LogP contribution in [0.5, 0.6) is 5.75 Å². The van der Waals surface area contributed by atoms with Crippen LogP contribution in [0.2, 0.25) is 0 Å². The zero-order valence-electron chi connectivity index (χ0n) is 14.8. The van der Waals surface area contributed by atoms with E-state index in [1.54, 1.807) is 43.3 Å². The molecule has 0 saturated heterocycles. The van der Waals surface area contributed by atoms with Gasteiger partial charge in [-0.1, -0.05) is 19.1 Å². The van der Waals surface area contributed by atoms with Crippen molar-refractivity contribution in [1.29, 1.82) is 0 Å². The van der Waals surface area contributed by atoms with Gasteiger partial charge in [0.2, 0.25) is 0 Å². The van der Waals surface area contributed by atoms with E-state index in [0.29, 0.717) is 18.1 Å². The molecular weight excluding hydrogens is 334 g/mol. The largest absolute Gasteiger partial charge is 0.503 e. The molecule has 0 fully saturated rings. The van der Waals surface area contributed by atoms with Crippen molar-refractivity contribution in [3.63, 3.8) is 0 Å². The number of aliphatic hydroxyl groups excluding tert-OH is 1. The van der Waals surface area contributed by atoms with Gasteiger partial charge in [0, 0.05) is 6.42 Å². The molecule has 136 valence electrons. The van der Waals surface area contributed by atoms with Crippen molar-refractivity contribution in [1.82, 2.24) is 4.90 Å². The lowest BCUT2D eigenvalue weighted by Gasteiger charge is -2.26. The van der Waals surface area contributed by atoms with E-state index < -0.39 is 17.7 Å². The summed E-state index contributed by atoms with van der Waals surface area (Å²) in [4.78, 5) is 26.5. The third kappa shape index (κ3) is 3.22. The fourth-order valence-electron chi connectivity index (χ4n) is 3.12. The van der Waals surface area contributed by atoms with Gasteiger partial charge in [-0.3, -0.25) is 9.59 Å². The lowest BCUT2D eigenvalue weighted by Crippen LogP contribution is -2.30. The molecule has 1 aliphatic heterocycles. The van der Waals surface area contributed by atoms with Crippen LogP contribution in [-0.2, 0) is 16.1 Å². The van der Waals surface area contributed by atoms with Crippen LogP contribution in [0.3, 0.4) is 0 Å². The van der Waals surface area contributed by atoms with Gasteiger partial charge in [-0.05, 0) is 36.8 Å². The minimum Gasteiger partial charge on any atom is -0.503 e. The molecule has 0 saturated carbocycles. The normalized spacial score (nSPS) is 17.1. The SMILES string of the molecule is CCOc1ccc(C2C(C(=O)CC)=C(O)C(=O)N2Cc2ccco2)cc1. The van der Waals surface area contributed by atoms with Gasteiger partial charge in [0.1, 0.15) is 11.5 Å².